The Morgan fingerprint density at radius 3 is 2.41 bits per heavy atom. The number of non-ortho nitro benzene ring substituents is 1. The molecule has 164 valence electrons. The molecule has 0 fully saturated rings. The third-order valence-electron chi connectivity index (χ3n) is 4.82. The molecule has 0 saturated heterocycles. The van der Waals surface area contributed by atoms with E-state index in [9.17, 15) is 24.8 Å². The van der Waals surface area contributed by atoms with Gasteiger partial charge in [0, 0.05) is 24.1 Å². The van der Waals surface area contributed by atoms with Crippen LogP contribution in [0.15, 0.2) is 66.7 Å². The topological polar surface area (TPSA) is 119 Å². The number of hydrogen-bond acceptors (Lipinski definition) is 5. The van der Waals surface area contributed by atoms with Crippen LogP contribution in [0.2, 0.25) is 5.02 Å². The maximum Gasteiger partial charge on any atom is 0.326 e. The van der Waals surface area contributed by atoms with Crippen molar-refractivity contribution in [3.8, 4) is 16.9 Å². The molecule has 0 unspecified atom stereocenters. The fourth-order valence-corrected chi connectivity index (χ4v) is 3.44. The quantitative estimate of drug-likeness (QED) is 0.386. The number of carbonyl (C=O) groups is 2. The summed E-state index contributed by atoms with van der Waals surface area (Å²) in [4.78, 5) is 34.4. The van der Waals surface area contributed by atoms with Gasteiger partial charge in [-0.1, -0.05) is 54.1 Å². The van der Waals surface area contributed by atoms with Crippen molar-refractivity contribution in [2.75, 3.05) is 7.11 Å². The molecule has 0 aliphatic heterocycles. The first kappa shape index (κ1) is 22.8. The number of ether oxygens (including phenoxy) is 1. The van der Waals surface area contributed by atoms with Crippen molar-refractivity contribution < 1.29 is 24.4 Å². The lowest BCUT2D eigenvalue weighted by Crippen LogP contribution is -2.42. The highest BCUT2D eigenvalue weighted by Gasteiger charge is 2.23. The number of nitrogens with zero attached hydrogens (tertiary/aromatic N) is 1. The number of hydrogen-bond donors (Lipinski definition) is 2. The maximum atomic E-state index is 12.5. The highest BCUT2D eigenvalue weighted by molar-refractivity contribution is 6.34. The Hall–Kier alpha value is -3.91. The highest BCUT2D eigenvalue weighted by atomic mass is 35.5. The molecule has 0 spiro atoms. The summed E-state index contributed by atoms with van der Waals surface area (Å²) in [7, 11) is 1.59. The van der Waals surface area contributed by atoms with Crippen LogP contribution in [0.4, 0.5) is 5.69 Å². The zero-order chi connectivity index (χ0) is 23.3. The smallest absolute Gasteiger partial charge is 0.326 e. The van der Waals surface area contributed by atoms with E-state index in [1.807, 2.05) is 36.4 Å². The van der Waals surface area contributed by atoms with Gasteiger partial charge in [0.1, 0.15) is 11.8 Å². The summed E-state index contributed by atoms with van der Waals surface area (Å²) in [5, 5.41) is 22.7. The number of benzene rings is 3. The third kappa shape index (κ3) is 5.22. The van der Waals surface area contributed by atoms with Crippen LogP contribution in [0, 0.1) is 10.1 Å². The van der Waals surface area contributed by atoms with Crippen molar-refractivity contribution >= 4 is 29.2 Å². The van der Waals surface area contributed by atoms with Gasteiger partial charge in [-0.05, 0) is 23.3 Å². The van der Waals surface area contributed by atoms with Crippen LogP contribution >= 0.6 is 11.6 Å². The van der Waals surface area contributed by atoms with Gasteiger partial charge in [-0.2, -0.15) is 0 Å². The van der Waals surface area contributed by atoms with Crippen molar-refractivity contribution in [3.05, 3.63) is 93.0 Å². The second kappa shape index (κ2) is 9.93. The largest absolute Gasteiger partial charge is 0.496 e. The lowest BCUT2D eigenvalue weighted by molar-refractivity contribution is -0.384. The number of nitro benzene ring substituents is 1. The van der Waals surface area contributed by atoms with Crippen LogP contribution in [0.25, 0.3) is 11.1 Å². The Balaban J connectivity index is 1.75. The Bertz CT molecular complexity index is 1160. The number of carboxylic acid groups (broad SMARTS) is 1. The number of nitro groups is 1. The number of aliphatic carboxylic acids is 1. The molecule has 0 aliphatic carbocycles. The van der Waals surface area contributed by atoms with Crippen LogP contribution in [0.3, 0.4) is 0 Å². The molecular formula is C23H19ClN2O6. The predicted octanol–water partition coefficient (Wildman–Crippen LogP) is 4.35. The number of halogens is 1. The first-order chi connectivity index (χ1) is 15.3. The fourth-order valence-electron chi connectivity index (χ4n) is 3.18. The molecule has 0 radical (unpaired) electrons. The predicted molar refractivity (Wildman–Crippen MR) is 119 cm³/mol. The maximum absolute atomic E-state index is 12.5. The summed E-state index contributed by atoms with van der Waals surface area (Å²) in [6.07, 6.45) is 0.0396. The highest BCUT2D eigenvalue weighted by Crippen LogP contribution is 2.29. The lowest BCUT2D eigenvalue weighted by atomic mass is 10.00. The Labute approximate surface area is 188 Å². The minimum absolute atomic E-state index is 0.0396. The van der Waals surface area contributed by atoms with Gasteiger partial charge in [0.15, 0.2) is 0 Å². The second-order valence-electron chi connectivity index (χ2n) is 6.89. The number of amides is 1. The third-order valence-corrected chi connectivity index (χ3v) is 5.14. The fraction of sp³-hybridized carbons (Fsp3) is 0.130. The zero-order valence-electron chi connectivity index (χ0n) is 16.9. The van der Waals surface area contributed by atoms with Crippen LogP contribution in [-0.2, 0) is 11.2 Å². The molecular weight excluding hydrogens is 436 g/mol. The van der Waals surface area contributed by atoms with Crippen molar-refractivity contribution in [1.29, 1.82) is 0 Å². The SMILES string of the molecule is COc1ccccc1-c1ccc(C[C@H](NC(=O)c2ccc([N+](=O)[O-])cc2Cl)C(=O)O)cc1. The van der Waals surface area contributed by atoms with Crippen LogP contribution in [0.5, 0.6) is 5.75 Å². The monoisotopic (exact) mass is 454 g/mol. The van der Waals surface area contributed by atoms with E-state index in [1.165, 1.54) is 6.07 Å². The molecule has 32 heavy (non-hydrogen) atoms. The summed E-state index contributed by atoms with van der Waals surface area (Å²) in [6, 6.07) is 16.9. The molecule has 8 nitrogen and oxygen atoms in total. The molecule has 3 aromatic carbocycles. The number of methoxy groups -OCH3 is 1. The molecule has 0 aromatic heterocycles. The Kier molecular flexibility index (Phi) is 7.07. The molecule has 1 atom stereocenters. The van der Waals surface area contributed by atoms with E-state index in [0.717, 1.165) is 29.0 Å². The first-order valence-corrected chi connectivity index (χ1v) is 9.88. The summed E-state index contributed by atoms with van der Waals surface area (Å²) < 4.78 is 5.37. The van der Waals surface area contributed by atoms with E-state index < -0.39 is 22.8 Å². The van der Waals surface area contributed by atoms with E-state index in [-0.39, 0.29) is 22.7 Å². The number of carboxylic acids is 1. The van der Waals surface area contributed by atoms with E-state index in [1.54, 1.807) is 19.2 Å². The minimum Gasteiger partial charge on any atom is -0.496 e. The second-order valence-corrected chi connectivity index (χ2v) is 7.29. The van der Waals surface area contributed by atoms with E-state index in [2.05, 4.69) is 5.32 Å². The standard InChI is InChI=1S/C23H19ClN2O6/c1-32-21-5-3-2-4-17(21)15-8-6-14(7-9-15)12-20(23(28)29)25-22(27)18-11-10-16(26(30)31)13-19(18)24/h2-11,13,20H,12H2,1H3,(H,25,27)(H,28,29)/t20-/m0/s1. The molecule has 0 bridgehead atoms. The van der Waals surface area contributed by atoms with E-state index >= 15 is 0 Å². The minimum atomic E-state index is -1.22. The van der Waals surface area contributed by atoms with E-state index in [0.29, 0.717) is 5.56 Å². The van der Waals surface area contributed by atoms with Gasteiger partial charge in [0.25, 0.3) is 11.6 Å². The number of para-hydroxylation sites is 1. The summed E-state index contributed by atoms with van der Waals surface area (Å²) in [6.45, 7) is 0. The lowest BCUT2D eigenvalue weighted by Gasteiger charge is -2.16. The normalized spacial score (nSPS) is 11.4. The van der Waals surface area contributed by atoms with Crippen LogP contribution in [0.1, 0.15) is 15.9 Å². The van der Waals surface area contributed by atoms with Crippen molar-refractivity contribution in [3.63, 3.8) is 0 Å². The zero-order valence-corrected chi connectivity index (χ0v) is 17.7. The summed E-state index contributed by atoms with van der Waals surface area (Å²) >= 11 is 5.97. The van der Waals surface area contributed by atoms with Crippen LogP contribution < -0.4 is 10.1 Å². The number of carbonyl (C=O) groups excluding carboxylic acids is 1. The molecule has 9 heteroatoms. The molecule has 2 N–H and O–H groups in total. The van der Waals surface area contributed by atoms with Crippen molar-refractivity contribution in [2.24, 2.45) is 0 Å². The molecule has 3 rings (SSSR count). The Morgan fingerprint density at radius 2 is 1.81 bits per heavy atom. The van der Waals surface area contributed by atoms with Gasteiger partial charge in [0.2, 0.25) is 0 Å². The van der Waals surface area contributed by atoms with E-state index in [4.69, 9.17) is 16.3 Å². The molecule has 0 heterocycles. The number of nitrogens with one attached hydrogen (secondary N) is 1. The van der Waals surface area contributed by atoms with Crippen molar-refractivity contribution in [1.82, 2.24) is 5.32 Å². The first-order valence-electron chi connectivity index (χ1n) is 9.50. The molecule has 3 aromatic rings. The van der Waals surface area contributed by atoms with Gasteiger partial charge in [0.05, 0.1) is 22.6 Å². The average molecular weight is 455 g/mol. The van der Waals surface area contributed by atoms with Gasteiger partial charge < -0.3 is 15.2 Å². The van der Waals surface area contributed by atoms with Crippen molar-refractivity contribution in [2.45, 2.75) is 12.5 Å². The summed E-state index contributed by atoms with van der Waals surface area (Å²) in [5.74, 6) is -1.23. The molecule has 0 aliphatic rings. The van der Waals surface area contributed by atoms with Gasteiger partial charge in [-0.3, -0.25) is 14.9 Å². The number of rotatable bonds is 8. The molecule has 1 amide bonds. The Morgan fingerprint density at radius 1 is 1.12 bits per heavy atom. The van der Waals surface area contributed by atoms with Gasteiger partial charge >= 0.3 is 5.97 Å². The molecule has 0 saturated carbocycles. The van der Waals surface area contributed by atoms with Crippen LogP contribution in [-0.4, -0.2) is 35.1 Å². The average Bonchev–Trinajstić information content (AvgIpc) is 2.78. The van der Waals surface area contributed by atoms with Gasteiger partial charge in [-0.15, -0.1) is 0 Å². The van der Waals surface area contributed by atoms with Gasteiger partial charge in [-0.25, -0.2) is 4.79 Å². The summed E-state index contributed by atoms with van der Waals surface area (Å²) in [5.41, 5.74) is 2.19.